The first-order valence-electron chi connectivity index (χ1n) is 12.8. The van der Waals surface area contributed by atoms with Crippen molar-refractivity contribution >= 4 is 28.9 Å². The lowest BCUT2D eigenvalue weighted by atomic mass is 9.70. The van der Waals surface area contributed by atoms with Gasteiger partial charge in [-0.05, 0) is 48.5 Å². The first-order chi connectivity index (χ1) is 19.1. The minimum Gasteiger partial charge on any atom is -0.508 e. The zero-order valence-corrected chi connectivity index (χ0v) is 20.5. The number of rotatable bonds is 4. The highest BCUT2D eigenvalue weighted by Gasteiger charge is 2.72. The molecule has 3 aromatic carbocycles. The molecule has 2 amide bonds. The molecule has 10 nitrogen and oxygen atoms in total. The van der Waals surface area contributed by atoms with Crippen molar-refractivity contribution in [3.05, 3.63) is 96.8 Å². The maximum Gasteiger partial charge on any atom is 0.240 e. The summed E-state index contributed by atoms with van der Waals surface area (Å²) < 4.78 is 6.46. The van der Waals surface area contributed by atoms with E-state index in [9.17, 15) is 14.7 Å². The Hall–Kier alpha value is -4.83. The maximum atomic E-state index is 13.7. The van der Waals surface area contributed by atoms with Gasteiger partial charge in [0.15, 0.2) is 0 Å². The standard InChI is InChI=1S/C29H22N6O4/c36-19-13-11-16(12-14-19)33-28(37)21-22(29(33)38)27-25-23(26(21)39-27)24(32-34(25)17-7-3-1-4-8-17)20-15-30-35(31-20)18-9-5-2-6-10-18/h1-15,21-23,25-27,36H/t21-,22+,23+,25-,26-,27+/m0/s1. The van der Waals surface area contributed by atoms with Crippen molar-refractivity contribution < 1.29 is 19.4 Å². The van der Waals surface area contributed by atoms with E-state index in [4.69, 9.17) is 14.9 Å². The monoisotopic (exact) mass is 518 g/mol. The highest BCUT2D eigenvalue weighted by molar-refractivity contribution is 6.23. The number of carbonyl (C=O) groups is 2. The van der Waals surface area contributed by atoms with Crippen molar-refractivity contribution in [3.63, 3.8) is 0 Å². The number of anilines is 2. The van der Waals surface area contributed by atoms with Gasteiger partial charge in [-0.1, -0.05) is 36.4 Å². The van der Waals surface area contributed by atoms with Gasteiger partial charge in [-0.3, -0.25) is 14.6 Å². The summed E-state index contributed by atoms with van der Waals surface area (Å²) >= 11 is 0. The van der Waals surface area contributed by atoms with Crippen molar-refractivity contribution in [1.29, 1.82) is 0 Å². The number of benzene rings is 3. The highest BCUT2D eigenvalue weighted by Crippen LogP contribution is 2.56. The summed E-state index contributed by atoms with van der Waals surface area (Å²) in [6.07, 6.45) is 0.637. The predicted octanol–water partition coefficient (Wildman–Crippen LogP) is 2.77. The van der Waals surface area contributed by atoms with Crippen LogP contribution in [-0.2, 0) is 14.3 Å². The normalized spacial score (nSPS) is 28.7. The van der Waals surface area contributed by atoms with E-state index in [-0.39, 0.29) is 29.5 Å². The average molecular weight is 519 g/mol. The Labute approximate surface area is 222 Å². The van der Waals surface area contributed by atoms with E-state index >= 15 is 0 Å². The third-order valence-corrected chi connectivity index (χ3v) is 8.16. The summed E-state index contributed by atoms with van der Waals surface area (Å²) in [6.45, 7) is 0. The highest BCUT2D eigenvalue weighted by atomic mass is 16.5. The van der Waals surface area contributed by atoms with Crippen LogP contribution >= 0.6 is 0 Å². The molecule has 5 heterocycles. The molecule has 0 spiro atoms. The molecule has 3 fully saturated rings. The fourth-order valence-corrected chi connectivity index (χ4v) is 6.57. The van der Waals surface area contributed by atoms with Crippen LogP contribution in [0.15, 0.2) is 96.2 Å². The van der Waals surface area contributed by atoms with Crippen LogP contribution in [-0.4, -0.2) is 55.9 Å². The number of hydrogen-bond donors (Lipinski definition) is 1. The summed E-state index contributed by atoms with van der Waals surface area (Å²) in [7, 11) is 0. The molecule has 192 valence electrons. The third kappa shape index (κ3) is 3.09. The van der Waals surface area contributed by atoms with Gasteiger partial charge in [-0.15, -0.1) is 5.10 Å². The van der Waals surface area contributed by atoms with Crippen molar-refractivity contribution in [3.8, 4) is 11.4 Å². The molecule has 0 unspecified atom stereocenters. The van der Waals surface area contributed by atoms with Gasteiger partial charge in [0.25, 0.3) is 0 Å². The molecule has 0 radical (unpaired) electrons. The lowest BCUT2D eigenvalue weighted by molar-refractivity contribution is -0.125. The molecular weight excluding hydrogens is 496 g/mol. The number of para-hydroxylation sites is 2. The number of amides is 2. The quantitative estimate of drug-likeness (QED) is 0.414. The molecule has 1 N–H and O–H groups in total. The van der Waals surface area contributed by atoms with Crippen LogP contribution in [0.4, 0.5) is 11.4 Å². The molecule has 39 heavy (non-hydrogen) atoms. The number of ether oxygens (including phenoxy) is 1. The van der Waals surface area contributed by atoms with E-state index in [1.54, 1.807) is 23.1 Å². The first-order valence-corrected chi connectivity index (χ1v) is 12.8. The Kier molecular flexibility index (Phi) is 4.60. The average Bonchev–Trinajstić information content (AvgIpc) is 3.78. The lowest BCUT2D eigenvalue weighted by Crippen LogP contribution is -2.50. The molecule has 4 aliphatic heterocycles. The molecule has 4 aromatic rings. The Morgan fingerprint density at radius 3 is 2.05 bits per heavy atom. The molecule has 1 aromatic heterocycles. The molecule has 4 aliphatic rings. The number of phenolic OH excluding ortho intramolecular Hbond substituents is 1. The minimum absolute atomic E-state index is 0.0684. The van der Waals surface area contributed by atoms with E-state index in [1.165, 1.54) is 17.0 Å². The van der Waals surface area contributed by atoms with E-state index in [0.717, 1.165) is 11.4 Å². The largest absolute Gasteiger partial charge is 0.508 e. The summed E-state index contributed by atoms with van der Waals surface area (Å²) in [4.78, 5) is 30.2. The second kappa shape index (κ2) is 8.08. The zero-order chi connectivity index (χ0) is 26.2. The van der Waals surface area contributed by atoms with E-state index < -0.39 is 24.0 Å². The van der Waals surface area contributed by atoms with E-state index in [2.05, 4.69) is 5.10 Å². The molecule has 2 bridgehead atoms. The Bertz CT molecular complexity index is 1640. The van der Waals surface area contributed by atoms with Gasteiger partial charge >= 0.3 is 0 Å². The van der Waals surface area contributed by atoms with Crippen molar-refractivity contribution in [2.24, 2.45) is 22.9 Å². The van der Waals surface area contributed by atoms with Gasteiger partial charge in [0, 0.05) is 0 Å². The maximum absolute atomic E-state index is 13.7. The second-order valence-corrected chi connectivity index (χ2v) is 10.2. The smallest absolute Gasteiger partial charge is 0.240 e. The lowest BCUT2D eigenvalue weighted by Gasteiger charge is -2.32. The number of imide groups is 1. The summed E-state index contributed by atoms with van der Waals surface area (Å²) in [6, 6.07) is 25.2. The summed E-state index contributed by atoms with van der Waals surface area (Å²) in [5.41, 5.74) is 3.44. The number of hydrogen-bond acceptors (Lipinski definition) is 8. The van der Waals surface area contributed by atoms with Crippen LogP contribution in [0.5, 0.6) is 5.75 Å². The fourth-order valence-electron chi connectivity index (χ4n) is 6.57. The number of phenols is 1. The van der Waals surface area contributed by atoms with Crippen molar-refractivity contribution in [1.82, 2.24) is 15.0 Å². The van der Waals surface area contributed by atoms with Crippen LogP contribution in [0.1, 0.15) is 5.69 Å². The van der Waals surface area contributed by atoms with Crippen LogP contribution < -0.4 is 9.91 Å². The SMILES string of the molecule is O=C1[C@@H]2[C@@H]3O[C@H]([C@@H]2C(=O)N1c1ccc(O)cc1)[C@@H]1[C@H]3C(c2cnn(-c3ccccc3)n2)=NN1c1ccccc1. The van der Waals surface area contributed by atoms with E-state index in [1.807, 2.05) is 65.7 Å². The molecule has 3 saturated heterocycles. The number of hydrazone groups is 1. The van der Waals surface area contributed by atoms with Crippen LogP contribution in [0.25, 0.3) is 5.69 Å². The van der Waals surface area contributed by atoms with Gasteiger partial charge in [-0.25, -0.2) is 4.90 Å². The third-order valence-electron chi connectivity index (χ3n) is 8.16. The summed E-state index contributed by atoms with van der Waals surface area (Å²) in [5.74, 6) is -2.00. The van der Waals surface area contributed by atoms with Crippen molar-refractivity contribution in [2.45, 2.75) is 18.2 Å². The van der Waals surface area contributed by atoms with E-state index in [0.29, 0.717) is 17.1 Å². The van der Waals surface area contributed by atoms with Gasteiger partial charge in [0.2, 0.25) is 11.8 Å². The van der Waals surface area contributed by atoms with Gasteiger partial charge in [-0.2, -0.15) is 15.0 Å². The van der Waals surface area contributed by atoms with Gasteiger partial charge in [0.1, 0.15) is 11.4 Å². The number of aromatic nitrogens is 3. The molecule has 8 rings (SSSR count). The molecule has 0 aliphatic carbocycles. The van der Waals surface area contributed by atoms with Crippen LogP contribution in [0.2, 0.25) is 0 Å². The zero-order valence-electron chi connectivity index (χ0n) is 20.5. The minimum atomic E-state index is -0.623. The van der Waals surface area contributed by atoms with Crippen LogP contribution in [0, 0.1) is 17.8 Å². The molecule has 10 heteroatoms. The Morgan fingerprint density at radius 2 is 1.36 bits per heavy atom. The predicted molar refractivity (Wildman–Crippen MR) is 140 cm³/mol. The van der Waals surface area contributed by atoms with Crippen molar-refractivity contribution in [2.75, 3.05) is 9.91 Å². The topological polar surface area (TPSA) is 113 Å². The Morgan fingerprint density at radius 1 is 0.718 bits per heavy atom. The number of carbonyl (C=O) groups excluding carboxylic acids is 2. The number of fused-ring (bicyclic) bond motifs is 8. The molecular formula is C29H22N6O4. The number of nitrogens with zero attached hydrogens (tertiary/aromatic N) is 6. The molecule has 6 atom stereocenters. The second-order valence-electron chi connectivity index (χ2n) is 10.2. The Balaban J connectivity index is 1.20. The molecule has 0 saturated carbocycles. The number of aromatic hydroxyl groups is 1. The van der Waals surface area contributed by atoms with Crippen LogP contribution in [0.3, 0.4) is 0 Å². The van der Waals surface area contributed by atoms with Gasteiger partial charge in [0.05, 0.1) is 65.0 Å². The summed E-state index contributed by atoms with van der Waals surface area (Å²) in [5, 5.41) is 25.8. The fraction of sp³-hybridized carbons (Fsp3) is 0.207. The van der Waals surface area contributed by atoms with Gasteiger partial charge < -0.3 is 9.84 Å². The first kappa shape index (κ1) is 22.2.